The summed E-state index contributed by atoms with van der Waals surface area (Å²) < 4.78 is 5.83. The Morgan fingerprint density at radius 1 is 1.11 bits per heavy atom. The molecule has 0 radical (unpaired) electrons. The molecule has 3 heterocycles. The van der Waals surface area contributed by atoms with Crippen LogP contribution in [0.1, 0.15) is 22.9 Å². The molecule has 1 aromatic carbocycles. The van der Waals surface area contributed by atoms with Crippen LogP contribution in [0.25, 0.3) is 0 Å². The van der Waals surface area contributed by atoms with E-state index in [0.29, 0.717) is 47.0 Å². The van der Waals surface area contributed by atoms with Gasteiger partial charge in [0.25, 0.3) is 0 Å². The number of piperazine rings is 1. The highest BCUT2D eigenvalue weighted by Gasteiger charge is 2.20. The number of hydrogen-bond acceptors (Lipinski definition) is 8. The molecule has 1 atom stereocenters. The van der Waals surface area contributed by atoms with Gasteiger partial charge in [0.1, 0.15) is 11.6 Å². The van der Waals surface area contributed by atoms with E-state index in [1.165, 1.54) is 18.6 Å². The maximum Gasteiger partial charge on any atom is 0.323 e. The number of rotatable bonds is 6. The number of aromatic nitrogens is 2. The molecule has 0 spiro atoms. The second-order valence-electron chi connectivity index (χ2n) is 8.33. The standard InChI is InChI=1S/C24H26Cl2N8O2/c1-33-6-8-34(9-7-33)24(35)32-20-5-2-14(11-31-20)22(28)16-10-15(3-4-19(16)27)36-23(29)21-17(25)12-30-13-18(21)26/h2-5,10-13,23,28H,6-9,27,29H2,1H3,(H,31,32,35)/t23-/m0/s1. The van der Waals surface area contributed by atoms with E-state index in [9.17, 15) is 4.79 Å². The molecule has 1 aliphatic rings. The number of amides is 2. The van der Waals surface area contributed by atoms with E-state index in [-0.39, 0.29) is 21.8 Å². The summed E-state index contributed by atoms with van der Waals surface area (Å²) in [6, 6.07) is 8.04. The lowest BCUT2D eigenvalue weighted by molar-refractivity contribution is 0.164. The van der Waals surface area contributed by atoms with E-state index in [2.05, 4.69) is 20.2 Å². The predicted molar refractivity (Wildman–Crippen MR) is 141 cm³/mol. The molecule has 4 rings (SSSR count). The molecule has 0 unspecified atom stereocenters. The molecule has 0 aliphatic carbocycles. The Morgan fingerprint density at radius 3 is 2.44 bits per heavy atom. The minimum Gasteiger partial charge on any atom is -0.471 e. The fourth-order valence-corrected chi connectivity index (χ4v) is 4.27. The number of carbonyl (C=O) groups is 1. The van der Waals surface area contributed by atoms with Crippen LogP contribution in [-0.2, 0) is 0 Å². The van der Waals surface area contributed by atoms with Crippen molar-refractivity contribution in [3.8, 4) is 5.75 Å². The molecule has 188 valence electrons. The highest BCUT2D eigenvalue weighted by Crippen LogP contribution is 2.31. The number of nitrogen functional groups attached to an aromatic ring is 1. The van der Waals surface area contributed by atoms with Crippen LogP contribution in [0.2, 0.25) is 10.0 Å². The molecule has 1 fully saturated rings. The maximum atomic E-state index is 12.5. The van der Waals surface area contributed by atoms with E-state index < -0.39 is 6.23 Å². The highest BCUT2D eigenvalue weighted by atomic mass is 35.5. The predicted octanol–water partition coefficient (Wildman–Crippen LogP) is 3.60. The number of urea groups is 1. The molecule has 6 N–H and O–H groups in total. The summed E-state index contributed by atoms with van der Waals surface area (Å²) >= 11 is 12.3. The van der Waals surface area contributed by atoms with E-state index in [0.717, 1.165) is 13.1 Å². The number of anilines is 2. The van der Waals surface area contributed by atoms with Crippen molar-refractivity contribution in [2.45, 2.75) is 6.23 Å². The topological polar surface area (TPSA) is 146 Å². The Kier molecular flexibility index (Phi) is 7.90. The number of nitrogens with one attached hydrogen (secondary N) is 2. The Morgan fingerprint density at radius 2 is 1.81 bits per heavy atom. The monoisotopic (exact) mass is 528 g/mol. The average molecular weight is 529 g/mol. The van der Waals surface area contributed by atoms with Gasteiger partial charge in [-0.1, -0.05) is 23.2 Å². The zero-order chi connectivity index (χ0) is 25.8. The lowest BCUT2D eigenvalue weighted by Crippen LogP contribution is -2.48. The van der Waals surface area contributed by atoms with Crippen molar-refractivity contribution in [2.75, 3.05) is 44.3 Å². The summed E-state index contributed by atoms with van der Waals surface area (Å²) in [4.78, 5) is 24.6. The van der Waals surface area contributed by atoms with Gasteiger partial charge in [0.05, 0.1) is 15.8 Å². The minimum atomic E-state index is -0.955. The molecule has 2 amide bonds. The van der Waals surface area contributed by atoms with Gasteiger partial charge in [-0.2, -0.15) is 0 Å². The first-order chi connectivity index (χ1) is 17.2. The fraction of sp³-hybridized carbons (Fsp3) is 0.250. The Balaban J connectivity index is 1.45. The molecule has 1 aliphatic heterocycles. The third kappa shape index (κ3) is 5.85. The molecule has 3 aromatic rings. The quantitative estimate of drug-likeness (QED) is 0.217. The summed E-state index contributed by atoms with van der Waals surface area (Å²) in [5.41, 5.74) is 14.2. The Labute approximate surface area is 218 Å². The summed E-state index contributed by atoms with van der Waals surface area (Å²) in [5.74, 6) is 0.780. The second kappa shape index (κ2) is 11.1. The Bertz CT molecular complexity index is 1240. The van der Waals surface area contributed by atoms with E-state index in [1.807, 2.05) is 7.05 Å². The number of hydrogen-bond donors (Lipinski definition) is 4. The van der Waals surface area contributed by atoms with Crippen LogP contribution >= 0.6 is 23.2 Å². The number of likely N-dealkylation sites (N-methyl/N-ethyl adjacent to an activating group) is 1. The summed E-state index contributed by atoms with van der Waals surface area (Å²) in [6.45, 7) is 2.97. The van der Waals surface area contributed by atoms with Crippen molar-refractivity contribution in [1.82, 2.24) is 19.8 Å². The van der Waals surface area contributed by atoms with Crippen LogP contribution in [0.4, 0.5) is 16.3 Å². The lowest BCUT2D eigenvalue weighted by atomic mass is 10.0. The average Bonchev–Trinajstić information content (AvgIpc) is 2.85. The summed E-state index contributed by atoms with van der Waals surface area (Å²) in [7, 11) is 2.03. The number of nitrogens with zero attached hydrogens (tertiary/aromatic N) is 4. The first-order valence-electron chi connectivity index (χ1n) is 11.1. The first-order valence-corrected chi connectivity index (χ1v) is 11.9. The highest BCUT2D eigenvalue weighted by molar-refractivity contribution is 6.35. The van der Waals surface area contributed by atoms with Gasteiger partial charge in [0.15, 0.2) is 6.23 Å². The van der Waals surface area contributed by atoms with Gasteiger partial charge in [0, 0.05) is 67.1 Å². The number of ether oxygens (including phenoxy) is 1. The molecule has 36 heavy (non-hydrogen) atoms. The third-order valence-corrected chi connectivity index (χ3v) is 6.41. The van der Waals surface area contributed by atoms with Crippen molar-refractivity contribution >= 4 is 46.4 Å². The number of pyridine rings is 2. The summed E-state index contributed by atoms with van der Waals surface area (Å²) in [5, 5.41) is 12.0. The molecule has 1 saturated heterocycles. The zero-order valence-electron chi connectivity index (χ0n) is 19.5. The van der Waals surface area contributed by atoms with Crippen LogP contribution in [0.15, 0.2) is 48.9 Å². The molecule has 12 heteroatoms. The molecule has 0 saturated carbocycles. The SMILES string of the molecule is CN1CCN(C(=O)Nc2ccc(C(=N)c3cc(O[C@H](N)c4c(Cl)cncc4Cl)ccc3N)cn2)CC1. The van der Waals surface area contributed by atoms with Crippen molar-refractivity contribution < 1.29 is 9.53 Å². The lowest BCUT2D eigenvalue weighted by Gasteiger charge is -2.32. The number of benzene rings is 1. The van der Waals surface area contributed by atoms with Gasteiger partial charge < -0.3 is 20.3 Å². The van der Waals surface area contributed by atoms with Gasteiger partial charge in [0.2, 0.25) is 0 Å². The van der Waals surface area contributed by atoms with Crippen molar-refractivity contribution in [1.29, 1.82) is 5.41 Å². The van der Waals surface area contributed by atoms with Gasteiger partial charge in [-0.3, -0.25) is 21.4 Å². The molecule has 0 bridgehead atoms. The van der Waals surface area contributed by atoms with Crippen molar-refractivity contribution in [3.05, 3.63) is 75.7 Å². The second-order valence-corrected chi connectivity index (χ2v) is 9.15. The number of halogens is 2. The molecular weight excluding hydrogens is 503 g/mol. The number of carbonyl (C=O) groups excluding carboxylic acids is 1. The van der Waals surface area contributed by atoms with Gasteiger partial charge in [-0.15, -0.1) is 0 Å². The van der Waals surface area contributed by atoms with Gasteiger partial charge in [-0.05, 0) is 37.4 Å². The van der Waals surface area contributed by atoms with Crippen LogP contribution in [0.5, 0.6) is 5.75 Å². The van der Waals surface area contributed by atoms with Crippen molar-refractivity contribution in [3.63, 3.8) is 0 Å². The van der Waals surface area contributed by atoms with E-state index in [1.54, 1.807) is 35.2 Å². The van der Waals surface area contributed by atoms with E-state index in [4.69, 9.17) is 44.8 Å². The van der Waals surface area contributed by atoms with Crippen LogP contribution in [0, 0.1) is 5.41 Å². The largest absolute Gasteiger partial charge is 0.471 e. The summed E-state index contributed by atoms with van der Waals surface area (Å²) in [6.07, 6.45) is 3.42. The van der Waals surface area contributed by atoms with Crippen molar-refractivity contribution in [2.24, 2.45) is 5.73 Å². The van der Waals surface area contributed by atoms with Crippen LogP contribution < -0.4 is 21.5 Å². The Hall–Kier alpha value is -3.44. The third-order valence-electron chi connectivity index (χ3n) is 5.81. The van der Waals surface area contributed by atoms with Gasteiger partial charge in [-0.25, -0.2) is 9.78 Å². The fourth-order valence-electron chi connectivity index (χ4n) is 3.69. The van der Waals surface area contributed by atoms with E-state index >= 15 is 0 Å². The van der Waals surface area contributed by atoms with Crippen LogP contribution in [0.3, 0.4) is 0 Å². The molecular formula is C24H26Cl2N8O2. The zero-order valence-corrected chi connectivity index (χ0v) is 21.1. The maximum absolute atomic E-state index is 12.5. The normalized spacial score (nSPS) is 14.8. The van der Waals surface area contributed by atoms with Gasteiger partial charge >= 0.3 is 6.03 Å². The van der Waals surface area contributed by atoms with Crippen LogP contribution in [-0.4, -0.2) is 64.7 Å². The smallest absolute Gasteiger partial charge is 0.323 e. The molecule has 2 aromatic heterocycles. The first kappa shape index (κ1) is 25.6. The number of nitrogens with two attached hydrogens (primary N) is 2. The molecule has 10 nitrogen and oxygen atoms in total. The minimum absolute atomic E-state index is 0.135.